The summed E-state index contributed by atoms with van der Waals surface area (Å²) in [6.07, 6.45) is 0.993. The molecule has 1 unspecified atom stereocenters. The zero-order valence-electron chi connectivity index (χ0n) is 23.3. The lowest BCUT2D eigenvalue weighted by molar-refractivity contribution is -0.113. The Labute approximate surface area is 240 Å². The second kappa shape index (κ2) is 12.4. The molecule has 0 saturated heterocycles. The number of aromatic nitrogens is 3. The van der Waals surface area contributed by atoms with Crippen LogP contribution in [0.5, 0.6) is 5.75 Å². The van der Waals surface area contributed by atoms with Gasteiger partial charge in [-0.05, 0) is 61.1 Å². The Balaban J connectivity index is 1.46. The van der Waals surface area contributed by atoms with Crippen LogP contribution in [0, 0.1) is 12.8 Å². The number of nitrogens with one attached hydrogen (secondary N) is 2. The number of nitrogens with zero attached hydrogens (tertiary/aromatic N) is 3. The number of allylic oxidation sites excluding steroid dienone is 1. The molecule has 7 nitrogen and oxygen atoms in total. The third-order valence-corrected chi connectivity index (χ3v) is 7.75. The molecule has 0 aliphatic carbocycles. The number of amides is 1. The van der Waals surface area contributed by atoms with Crippen LogP contribution in [0.15, 0.2) is 95.3 Å². The van der Waals surface area contributed by atoms with Gasteiger partial charge in [0.2, 0.25) is 11.1 Å². The number of carbonyl (C=O) groups excluding carboxylic acids is 1. The zero-order chi connectivity index (χ0) is 28.1. The topological polar surface area (TPSA) is 81.1 Å². The highest BCUT2D eigenvalue weighted by Crippen LogP contribution is 2.37. The number of fused-ring (bicyclic) bond motifs is 1. The first kappa shape index (κ1) is 27.5. The quantitative estimate of drug-likeness (QED) is 0.202. The van der Waals surface area contributed by atoms with E-state index in [4.69, 9.17) is 14.8 Å². The number of para-hydroxylation sites is 1. The summed E-state index contributed by atoms with van der Waals surface area (Å²) in [6, 6.07) is 25.5. The molecule has 8 heteroatoms. The second-order valence-corrected chi connectivity index (χ2v) is 11.3. The van der Waals surface area contributed by atoms with Gasteiger partial charge in [0.15, 0.2) is 0 Å². The number of ether oxygens (including phenoxy) is 1. The third-order valence-electron chi connectivity index (χ3n) is 6.84. The van der Waals surface area contributed by atoms with Gasteiger partial charge < -0.3 is 15.4 Å². The van der Waals surface area contributed by atoms with Crippen molar-refractivity contribution in [3.8, 4) is 5.75 Å². The van der Waals surface area contributed by atoms with Crippen molar-refractivity contribution in [3.05, 3.63) is 107 Å². The molecule has 1 aliphatic rings. The van der Waals surface area contributed by atoms with Crippen molar-refractivity contribution in [2.24, 2.45) is 5.92 Å². The van der Waals surface area contributed by atoms with E-state index in [0.29, 0.717) is 29.2 Å². The van der Waals surface area contributed by atoms with Gasteiger partial charge in [0.05, 0.1) is 12.2 Å². The van der Waals surface area contributed by atoms with Crippen LogP contribution in [0.25, 0.3) is 0 Å². The number of aryl methyl sites for hydroxylation is 1. The summed E-state index contributed by atoms with van der Waals surface area (Å²) < 4.78 is 7.77. The van der Waals surface area contributed by atoms with Crippen LogP contribution < -0.4 is 15.4 Å². The van der Waals surface area contributed by atoms with Gasteiger partial charge in [0.1, 0.15) is 11.8 Å². The summed E-state index contributed by atoms with van der Waals surface area (Å²) in [7, 11) is 0. The smallest absolute Gasteiger partial charge is 0.255 e. The van der Waals surface area contributed by atoms with E-state index in [9.17, 15) is 4.79 Å². The second-order valence-electron chi connectivity index (χ2n) is 10.4. The molecular weight excluding hydrogens is 518 g/mol. The van der Waals surface area contributed by atoms with Gasteiger partial charge in [-0.3, -0.25) is 4.79 Å². The summed E-state index contributed by atoms with van der Waals surface area (Å²) in [5.74, 6) is 2.58. The van der Waals surface area contributed by atoms with E-state index in [1.165, 1.54) is 5.56 Å². The minimum Gasteiger partial charge on any atom is -0.494 e. The van der Waals surface area contributed by atoms with Gasteiger partial charge in [-0.1, -0.05) is 86.3 Å². The average Bonchev–Trinajstić information content (AvgIpc) is 3.35. The number of thioether (sulfide) groups is 1. The van der Waals surface area contributed by atoms with Crippen LogP contribution in [0.4, 0.5) is 11.6 Å². The lowest BCUT2D eigenvalue weighted by Gasteiger charge is -2.29. The van der Waals surface area contributed by atoms with Gasteiger partial charge in [0.25, 0.3) is 5.91 Å². The molecular formula is C32H35N5O2S. The van der Waals surface area contributed by atoms with Crippen LogP contribution in [-0.2, 0) is 10.5 Å². The van der Waals surface area contributed by atoms with E-state index >= 15 is 0 Å². The molecule has 4 aromatic rings. The highest BCUT2D eigenvalue weighted by molar-refractivity contribution is 7.98. The van der Waals surface area contributed by atoms with Crippen LogP contribution in [0.3, 0.4) is 0 Å². The van der Waals surface area contributed by atoms with E-state index in [0.717, 1.165) is 40.4 Å². The maximum atomic E-state index is 13.8. The van der Waals surface area contributed by atoms with Crippen molar-refractivity contribution < 1.29 is 9.53 Å². The molecule has 3 aromatic carbocycles. The predicted molar refractivity (Wildman–Crippen MR) is 162 cm³/mol. The van der Waals surface area contributed by atoms with Crippen LogP contribution in [0.1, 0.15) is 49.9 Å². The van der Waals surface area contributed by atoms with Gasteiger partial charge in [-0.25, -0.2) is 4.68 Å². The highest BCUT2D eigenvalue weighted by Gasteiger charge is 2.34. The Kier molecular flexibility index (Phi) is 8.55. The zero-order valence-corrected chi connectivity index (χ0v) is 24.2. The SMILES string of the molecule is CC1=C(C(=O)Nc2ccccc2C)C(c2ccc(OCCC(C)C)cc2)n2nc(SCc3ccccc3)nc2N1. The first-order chi connectivity index (χ1) is 19.4. The summed E-state index contributed by atoms with van der Waals surface area (Å²) in [6.45, 7) is 8.94. The summed E-state index contributed by atoms with van der Waals surface area (Å²) in [5, 5.41) is 12.0. The Morgan fingerprint density at radius 2 is 1.75 bits per heavy atom. The Morgan fingerprint density at radius 1 is 1.02 bits per heavy atom. The Bertz CT molecular complexity index is 1500. The predicted octanol–water partition coefficient (Wildman–Crippen LogP) is 7.23. The number of rotatable bonds is 10. The maximum absolute atomic E-state index is 13.8. The normalized spacial score (nSPS) is 14.6. The summed E-state index contributed by atoms with van der Waals surface area (Å²) >= 11 is 1.57. The molecule has 1 aliphatic heterocycles. The van der Waals surface area contributed by atoms with Gasteiger partial charge in [-0.15, -0.1) is 5.10 Å². The van der Waals surface area contributed by atoms with Crippen LogP contribution in [0.2, 0.25) is 0 Å². The molecule has 5 rings (SSSR count). The van der Waals surface area contributed by atoms with Gasteiger partial charge >= 0.3 is 0 Å². The molecule has 2 heterocycles. The van der Waals surface area contributed by atoms with Crippen molar-refractivity contribution in [2.45, 2.75) is 51.1 Å². The van der Waals surface area contributed by atoms with Crippen molar-refractivity contribution >= 4 is 29.3 Å². The fourth-order valence-electron chi connectivity index (χ4n) is 4.58. The third kappa shape index (κ3) is 6.39. The first-order valence-electron chi connectivity index (χ1n) is 13.6. The lowest BCUT2D eigenvalue weighted by atomic mass is 9.95. The number of benzene rings is 3. The molecule has 1 amide bonds. The Hall–Kier alpha value is -4.04. The fourth-order valence-corrected chi connectivity index (χ4v) is 5.36. The minimum atomic E-state index is -0.455. The molecule has 0 fully saturated rings. The summed E-state index contributed by atoms with van der Waals surface area (Å²) in [4.78, 5) is 18.6. The number of hydrogen-bond donors (Lipinski definition) is 2. The number of anilines is 2. The minimum absolute atomic E-state index is 0.179. The van der Waals surface area contributed by atoms with Crippen molar-refractivity contribution in [1.29, 1.82) is 0 Å². The molecule has 2 N–H and O–H groups in total. The lowest BCUT2D eigenvalue weighted by Crippen LogP contribution is -2.31. The molecule has 1 aromatic heterocycles. The standard InChI is InChI=1S/C32H35N5O2S/c1-21(2)18-19-39-26-16-14-25(15-17-26)29-28(30(38)34-27-13-9-8-10-22(27)3)23(4)33-31-35-32(36-37(29)31)40-20-24-11-6-5-7-12-24/h5-17,21,29H,18-20H2,1-4H3,(H,34,38)(H,33,35,36). The van der Waals surface area contributed by atoms with E-state index in [1.54, 1.807) is 11.8 Å². The largest absolute Gasteiger partial charge is 0.494 e. The van der Waals surface area contributed by atoms with E-state index < -0.39 is 6.04 Å². The first-order valence-corrected chi connectivity index (χ1v) is 14.6. The monoisotopic (exact) mass is 553 g/mol. The highest BCUT2D eigenvalue weighted by atomic mass is 32.2. The molecule has 0 radical (unpaired) electrons. The maximum Gasteiger partial charge on any atom is 0.255 e. The number of hydrogen-bond acceptors (Lipinski definition) is 6. The van der Waals surface area contributed by atoms with Crippen molar-refractivity contribution in [3.63, 3.8) is 0 Å². The van der Waals surface area contributed by atoms with Crippen LogP contribution >= 0.6 is 11.8 Å². The van der Waals surface area contributed by atoms with E-state index in [-0.39, 0.29) is 5.91 Å². The van der Waals surface area contributed by atoms with E-state index in [2.05, 4.69) is 36.6 Å². The molecule has 0 saturated carbocycles. The number of carbonyl (C=O) groups is 1. The summed E-state index contributed by atoms with van der Waals surface area (Å²) in [5.41, 5.74) is 5.24. The van der Waals surface area contributed by atoms with Gasteiger partial charge in [0, 0.05) is 17.1 Å². The molecule has 40 heavy (non-hydrogen) atoms. The van der Waals surface area contributed by atoms with Gasteiger partial charge in [-0.2, -0.15) is 4.98 Å². The van der Waals surface area contributed by atoms with Crippen LogP contribution in [-0.4, -0.2) is 27.3 Å². The molecule has 206 valence electrons. The van der Waals surface area contributed by atoms with Crippen molar-refractivity contribution in [2.75, 3.05) is 17.2 Å². The molecule has 0 bridgehead atoms. The molecule has 1 atom stereocenters. The van der Waals surface area contributed by atoms with E-state index in [1.807, 2.05) is 85.3 Å². The fraction of sp³-hybridized carbons (Fsp3) is 0.281. The Morgan fingerprint density at radius 3 is 2.48 bits per heavy atom. The molecule has 0 spiro atoms. The average molecular weight is 554 g/mol. The van der Waals surface area contributed by atoms with Crippen molar-refractivity contribution in [1.82, 2.24) is 14.8 Å².